The molecule has 3 nitrogen and oxygen atoms in total. The highest BCUT2D eigenvalue weighted by molar-refractivity contribution is 7.17. The van der Waals surface area contributed by atoms with Crippen LogP contribution >= 0.6 is 11.3 Å². The molecule has 0 aliphatic carbocycles. The molecule has 1 saturated heterocycles. The molecule has 2 heterocycles. The molecular weight excluding hydrogens is 359 g/mol. The van der Waals surface area contributed by atoms with Gasteiger partial charge in [0, 0.05) is 36.7 Å². The number of rotatable bonds is 3. The fraction of sp³-hybridized carbons (Fsp3) is 0.227. The molecule has 0 saturated carbocycles. The minimum atomic E-state index is -0.252. The van der Waals surface area contributed by atoms with E-state index < -0.39 is 0 Å². The molecule has 4 rings (SSSR count). The standard InChI is InChI=1S/C22H21FN2OS/c1-16-3-2-4-19(15-16)24-11-13-25(14-12-24)22(26)21-10-9-20(27-21)17-5-7-18(23)8-6-17/h2-10,15H,11-14H2,1H3. The number of aryl methyl sites for hydroxylation is 1. The summed E-state index contributed by atoms with van der Waals surface area (Å²) >= 11 is 1.47. The van der Waals surface area contributed by atoms with Gasteiger partial charge in [0.2, 0.25) is 0 Å². The van der Waals surface area contributed by atoms with Crippen LogP contribution in [0.4, 0.5) is 10.1 Å². The molecule has 1 fully saturated rings. The largest absolute Gasteiger partial charge is 0.368 e. The molecular formula is C22H21FN2OS. The van der Waals surface area contributed by atoms with E-state index in [4.69, 9.17) is 0 Å². The van der Waals surface area contributed by atoms with E-state index in [-0.39, 0.29) is 11.7 Å². The number of thiophene rings is 1. The lowest BCUT2D eigenvalue weighted by Gasteiger charge is -2.36. The summed E-state index contributed by atoms with van der Waals surface area (Å²) in [5, 5.41) is 0. The number of carbonyl (C=O) groups excluding carboxylic acids is 1. The maximum Gasteiger partial charge on any atom is 0.264 e. The van der Waals surface area contributed by atoms with E-state index in [1.807, 2.05) is 17.0 Å². The first-order valence-electron chi connectivity index (χ1n) is 9.07. The summed E-state index contributed by atoms with van der Waals surface area (Å²) in [6.07, 6.45) is 0. The van der Waals surface area contributed by atoms with Gasteiger partial charge < -0.3 is 9.80 Å². The minimum Gasteiger partial charge on any atom is -0.368 e. The van der Waals surface area contributed by atoms with Gasteiger partial charge in [-0.2, -0.15) is 0 Å². The molecule has 0 N–H and O–H groups in total. The second kappa shape index (κ2) is 7.53. The van der Waals surface area contributed by atoms with Crippen LogP contribution < -0.4 is 4.90 Å². The Morgan fingerprint density at radius 2 is 1.70 bits per heavy atom. The quantitative estimate of drug-likeness (QED) is 0.650. The minimum absolute atomic E-state index is 0.0808. The molecule has 2 aromatic carbocycles. The molecule has 1 aliphatic rings. The van der Waals surface area contributed by atoms with Gasteiger partial charge in [0.15, 0.2) is 0 Å². The van der Waals surface area contributed by atoms with Crippen LogP contribution in [0.25, 0.3) is 10.4 Å². The third-order valence-corrected chi connectivity index (χ3v) is 6.00. The van der Waals surface area contributed by atoms with E-state index in [1.165, 1.54) is 34.7 Å². The monoisotopic (exact) mass is 380 g/mol. The maximum atomic E-state index is 13.1. The number of anilines is 1. The van der Waals surface area contributed by atoms with Crippen molar-refractivity contribution in [2.24, 2.45) is 0 Å². The summed E-state index contributed by atoms with van der Waals surface area (Å²) in [7, 11) is 0. The molecule has 0 radical (unpaired) electrons. The van der Waals surface area contributed by atoms with Crippen LogP contribution in [-0.4, -0.2) is 37.0 Å². The Morgan fingerprint density at radius 1 is 0.963 bits per heavy atom. The van der Waals surface area contributed by atoms with Crippen LogP contribution in [0.3, 0.4) is 0 Å². The molecule has 27 heavy (non-hydrogen) atoms. The van der Waals surface area contributed by atoms with E-state index in [0.29, 0.717) is 0 Å². The van der Waals surface area contributed by atoms with Gasteiger partial charge in [0.25, 0.3) is 5.91 Å². The summed E-state index contributed by atoms with van der Waals surface area (Å²) in [6.45, 7) is 5.21. The van der Waals surface area contributed by atoms with Gasteiger partial charge in [-0.3, -0.25) is 4.79 Å². The molecule has 1 amide bonds. The van der Waals surface area contributed by atoms with E-state index in [0.717, 1.165) is 41.5 Å². The molecule has 5 heteroatoms. The number of amides is 1. The van der Waals surface area contributed by atoms with Gasteiger partial charge in [-0.1, -0.05) is 24.3 Å². The van der Waals surface area contributed by atoms with Gasteiger partial charge in [0.05, 0.1) is 4.88 Å². The third-order valence-electron chi connectivity index (χ3n) is 4.88. The molecule has 0 atom stereocenters. The van der Waals surface area contributed by atoms with Crippen molar-refractivity contribution in [3.8, 4) is 10.4 Å². The Kier molecular flexibility index (Phi) is 4.94. The number of benzene rings is 2. The zero-order valence-corrected chi connectivity index (χ0v) is 16.0. The van der Waals surface area contributed by atoms with Crippen molar-refractivity contribution in [1.29, 1.82) is 0 Å². The average molecular weight is 380 g/mol. The fourth-order valence-corrected chi connectivity index (χ4v) is 4.35. The van der Waals surface area contributed by atoms with E-state index in [9.17, 15) is 9.18 Å². The van der Waals surface area contributed by atoms with Crippen molar-refractivity contribution in [3.05, 3.63) is 76.9 Å². The molecule has 0 spiro atoms. The number of piperazine rings is 1. The maximum absolute atomic E-state index is 13.1. The number of hydrogen-bond donors (Lipinski definition) is 0. The van der Waals surface area contributed by atoms with Crippen molar-refractivity contribution in [3.63, 3.8) is 0 Å². The molecule has 138 valence electrons. The lowest BCUT2D eigenvalue weighted by molar-refractivity contribution is 0.0751. The van der Waals surface area contributed by atoms with E-state index in [1.54, 1.807) is 12.1 Å². The van der Waals surface area contributed by atoms with Gasteiger partial charge in [-0.15, -0.1) is 11.3 Å². The molecule has 3 aromatic rings. The molecule has 1 aliphatic heterocycles. The second-order valence-corrected chi connectivity index (χ2v) is 7.87. The van der Waals surface area contributed by atoms with Gasteiger partial charge >= 0.3 is 0 Å². The van der Waals surface area contributed by atoms with Crippen LogP contribution in [0.2, 0.25) is 0 Å². The van der Waals surface area contributed by atoms with Crippen LogP contribution in [0.1, 0.15) is 15.2 Å². The number of hydrogen-bond acceptors (Lipinski definition) is 3. The zero-order valence-electron chi connectivity index (χ0n) is 15.2. The highest BCUT2D eigenvalue weighted by Gasteiger charge is 2.23. The Hall–Kier alpha value is -2.66. The summed E-state index contributed by atoms with van der Waals surface area (Å²) < 4.78 is 13.1. The summed E-state index contributed by atoms with van der Waals surface area (Å²) in [6, 6.07) is 18.7. The van der Waals surface area contributed by atoms with Crippen molar-refractivity contribution in [2.45, 2.75) is 6.92 Å². The smallest absolute Gasteiger partial charge is 0.264 e. The number of halogens is 1. The van der Waals surface area contributed by atoms with Crippen LogP contribution in [-0.2, 0) is 0 Å². The van der Waals surface area contributed by atoms with Crippen LogP contribution in [0.5, 0.6) is 0 Å². The normalized spacial score (nSPS) is 14.4. The first-order valence-corrected chi connectivity index (χ1v) is 9.88. The highest BCUT2D eigenvalue weighted by atomic mass is 32.1. The third kappa shape index (κ3) is 3.88. The van der Waals surface area contributed by atoms with Crippen molar-refractivity contribution in [2.75, 3.05) is 31.1 Å². The van der Waals surface area contributed by atoms with Crippen molar-refractivity contribution in [1.82, 2.24) is 4.90 Å². The lowest BCUT2D eigenvalue weighted by atomic mass is 10.2. The first kappa shape index (κ1) is 17.7. The Balaban J connectivity index is 1.42. The van der Waals surface area contributed by atoms with Crippen molar-refractivity contribution >= 4 is 22.9 Å². The number of nitrogens with zero attached hydrogens (tertiary/aromatic N) is 2. The number of carbonyl (C=O) groups is 1. The fourth-order valence-electron chi connectivity index (χ4n) is 3.37. The van der Waals surface area contributed by atoms with Crippen LogP contribution in [0, 0.1) is 12.7 Å². The summed E-state index contributed by atoms with van der Waals surface area (Å²) in [5.41, 5.74) is 3.40. The molecule has 0 unspecified atom stereocenters. The van der Waals surface area contributed by atoms with E-state index >= 15 is 0 Å². The Labute approximate surface area is 162 Å². The topological polar surface area (TPSA) is 23.6 Å². The summed E-state index contributed by atoms with van der Waals surface area (Å²) in [4.78, 5) is 18.8. The van der Waals surface area contributed by atoms with Crippen LogP contribution in [0.15, 0.2) is 60.7 Å². The lowest BCUT2D eigenvalue weighted by Crippen LogP contribution is -2.48. The Bertz CT molecular complexity index is 943. The summed E-state index contributed by atoms with van der Waals surface area (Å²) in [5.74, 6) is -0.171. The SMILES string of the molecule is Cc1cccc(N2CCN(C(=O)c3ccc(-c4ccc(F)cc4)s3)CC2)c1. The average Bonchev–Trinajstić information content (AvgIpc) is 3.18. The van der Waals surface area contributed by atoms with Gasteiger partial charge in [-0.05, 0) is 54.4 Å². The predicted octanol–water partition coefficient (Wildman–Crippen LogP) is 4.83. The predicted molar refractivity (Wildman–Crippen MR) is 109 cm³/mol. The van der Waals surface area contributed by atoms with Gasteiger partial charge in [-0.25, -0.2) is 4.39 Å². The molecule has 0 bridgehead atoms. The second-order valence-electron chi connectivity index (χ2n) is 6.79. The zero-order chi connectivity index (χ0) is 18.8. The van der Waals surface area contributed by atoms with Crippen molar-refractivity contribution < 1.29 is 9.18 Å². The van der Waals surface area contributed by atoms with Gasteiger partial charge in [0.1, 0.15) is 5.82 Å². The highest BCUT2D eigenvalue weighted by Crippen LogP contribution is 2.29. The van der Waals surface area contributed by atoms with E-state index in [2.05, 4.69) is 36.1 Å². The molecule has 1 aromatic heterocycles. The first-order chi connectivity index (χ1) is 13.1. The Morgan fingerprint density at radius 3 is 2.41 bits per heavy atom.